The van der Waals surface area contributed by atoms with Crippen molar-refractivity contribution in [2.24, 2.45) is 0 Å². The van der Waals surface area contributed by atoms with Crippen molar-refractivity contribution in [1.29, 1.82) is 0 Å². The van der Waals surface area contributed by atoms with Gasteiger partial charge in [0.25, 0.3) is 11.8 Å². The minimum Gasteiger partial charge on any atom is -0.378 e. The van der Waals surface area contributed by atoms with Gasteiger partial charge in [0.15, 0.2) is 0 Å². The number of carbonyl (C=O) groups is 2. The lowest BCUT2D eigenvalue weighted by molar-refractivity contribution is 0.0303. The van der Waals surface area contributed by atoms with Crippen LogP contribution >= 0.6 is 0 Å². The number of likely N-dealkylation sites (N-methyl/N-ethyl adjacent to an activating group) is 1. The van der Waals surface area contributed by atoms with Gasteiger partial charge in [0.05, 0.1) is 13.2 Å². The first-order chi connectivity index (χ1) is 12.2. The van der Waals surface area contributed by atoms with E-state index in [0.29, 0.717) is 37.4 Å². The van der Waals surface area contributed by atoms with E-state index in [1.807, 2.05) is 4.90 Å². The SMILES string of the molecule is CCN1CCCN(C(=O)c2ccc(C(=O)N3CCOCC3)cc2)CC1. The Hall–Kier alpha value is -1.92. The van der Waals surface area contributed by atoms with Crippen LogP contribution in [0.15, 0.2) is 24.3 Å². The summed E-state index contributed by atoms with van der Waals surface area (Å²) in [5, 5.41) is 0. The Balaban J connectivity index is 1.63. The maximum atomic E-state index is 12.7. The van der Waals surface area contributed by atoms with E-state index in [1.165, 1.54) is 0 Å². The Labute approximate surface area is 149 Å². The Morgan fingerprint density at radius 3 is 1.96 bits per heavy atom. The molecular weight excluding hydrogens is 318 g/mol. The maximum absolute atomic E-state index is 12.7. The van der Waals surface area contributed by atoms with Crippen LogP contribution in [-0.2, 0) is 4.74 Å². The normalized spacial score (nSPS) is 19.6. The number of rotatable bonds is 3. The van der Waals surface area contributed by atoms with Crippen LogP contribution in [0.25, 0.3) is 0 Å². The van der Waals surface area contributed by atoms with Gasteiger partial charge in [-0.05, 0) is 43.8 Å². The van der Waals surface area contributed by atoms with E-state index in [-0.39, 0.29) is 11.8 Å². The van der Waals surface area contributed by atoms with Crippen LogP contribution in [0.5, 0.6) is 0 Å². The first-order valence-corrected chi connectivity index (χ1v) is 9.17. The molecule has 0 aliphatic carbocycles. The Morgan fingerprint density at radius 1 is 0.840 bits per heavy atom. The van der Waals surface area contributed by atoms with Crippen molar-refractivity contribution in [2.45, 2.75) is 13.3 Å². The first-order valence-electron chi connectivity index (χ1n) is 9.17. The molecule has 1 aromatic rings. The van der Waals surface area contributed by atoms with Crippen molar-refractivity contribution < 1.29 is 14.3 Å². The van der Waals surface area contributed by atoms with E-state index in [1.54, 1.807) is 29.2 Å². The van der Waals surface area contributed by atoms with Crippen LogP contribution in [0.2, 0.25) is 0 Å². The average Bonchev–Trinajstić information content (AvgIpc) is 2.93. The number of benzene rings is 1. The minimum atomic E-state index is 0.00987. The highest BCUT2D eigenvalue weighted by atomic mass is 16.5. The molecule has 2 amide bonds. The lowest BCUT2D eigenvalue weighted by atomic mass is 10.1. The van der Waals surface area contributed by atoms with E-state index in [9.17, 15) is 9.59 Å². The molecule has 2 saturated heterocycles. The minimum absolute atomic E-state index is 0.00987. The molecule has 136 valence electrons. The molecule has 2 fully saturated rings. The number of hydrogen-bond acceptors (Lipinski definition) is 4. The number of nitrogens with zero attached hydrogens (tertiary/aromatic N) is 3. The highest BCUT2D eigenvalue weighted by Gasteiger charge is 2.21. The molecule has 6 nitrogen and oxygen atoms in total. The van der Waals surface area contributed by atoms with Crippen molar-refractivity contribution in [3.63, 3.8) is 0 Å². The largest absolute Gasteiger partial charge is 0.378 e. The van der Waals surface area contributed by atoms with Gasteiger partial charge in [-0.2, -0.15) is 0 Å². The van der Waals surface area contributed by atoms with Crippen LogP contribution in [0.4, 0.5) is 0 Å². The summed E-state index contributed by atoms with van der Waals surface area (Å²) >= 11 is 0. The van der Waals surface area contributed by atoms with Crippen LogP contribution in [-0.4, -0.2) is 85.5 Å². The van der Waals surface area contributed by atoms with Gasteiger partial charge in [-0.25, -0.2) is 0 Å². The van der Waals surface area contributed by atoms with Crippen LogP contribution in [0.3, 0.4) is 0 Å². The molecule has 0 unspecified atom stereocenters. The highest BCUT2D eigenvalue weighted by Crippen LogP contribution is 2.13. The van der Waals surface area contributed by atoms with Crippen molar-refractivity contribution in [2.75, 3.05) is 59.0 Å². The number of hydrogen-bond donors (Lipinski definition) is 0. The van der Waals surface area contributed by atoms with Crippen molar-refractivity contribution in [3.05, 3.63) is 35.4 Å². The molecule has 3 rings (SSSR count). The molecule has 2 heterocycles. The molecule has 2 aliphatic heterocycles. The van der Waals surface area contributed by atoms with Crippen LogP contribution in [0, 0.1) is 0 Å². The zero-order valence-electron chi connectivity index (χ0n) is 14.9. The fourth-order valence-corrected chi connectivity index (χ4v) is 3.38. The van der Waals surface area contributed by atoms with Gasteiger partial charge in [-0.3, -0.25) is 9.59 Å². The molecule has 0 spiro atoms. The second-order valence-corrected chi connectivity index (χ2v) is 6.56. The van der Waals surface area contributed by atoms with Crippen molar-refractivity contribution >= 4 is 11.8 Å². The third-order valence-electron chi connectivity index (χ3n) is 5.00. The molecular formula is C19H27N3O3. The third-order valence-corrected chi connectivity index (χ3v) is 5.00. The summed E-state index contributed by atoms with van der Waals surface area (Å²) in [6.45, 7) is 9.15. The van der Waals surface area contributed by atoms with Crippen LogP contribution < -0.4 is 0 Å². The van der Waals surface area contributed by atoms with Crippen LogP contribution in [0.1, 0.15) is 34.1 Å². The molecule has 6 heteroatoms. The number of morpholine rings is 1. The van der Waals surface area contributed by atoms with Crippen molar-refractivity contribution in [1.82, 2.24) is 14.7 Å². The quantitative estimate of drug-likeness (QED) is 0.829. The molecule has 0 saturated carbocycles. The number of carbonyl (C=O) groups excluding carboxylic acids is 2. The van der Waals surface area contributed by atoms with Crippen molar-refractivity contribution in [3.8, 4) is 0 Å². The molecule has 2 aliphatic rings. The van der Waals surface area contributed by atoms with E-state index in [4.69, 9.17) is 4.74 Å². The lowest BCUT2D eigenvalue weighted by Crippen LogP contribution is -2.40. The lowest BCUT2D eigenvalue weighted by Gasteiger charge is -2.27. The highest BCUT2D eigenvalue weighted by molar-refractivity contribution is 5.97. The predicted octanol–water partition coefficient (Wildman–Crippen LogP) is 1.33. The van der Waals surface area contributed by atoms with Gasteiger partial charge in [0.2, 0.25) is 0 Å². The van der Waals surface area contributed by atoms with Gasteiger partial charge in [-0.15, -0.1) is 0 Å². The molecule has 0 radical (unpaired) electrons. The fraction of sp³-hybridized carbons (Fsp3) is 0.579. The molecule has 0 bridgehead atoms. The molecule has 0 aromatic heterocycles. The van der Waals surface area contributed by atoms with Gasteiger partial charge < -0.3 is 19.4 Å². The summed E-state index contributed by atoms with van der Waals surface area (Å²) in [5.74, 6) is 0.0685. The number of ether oxygens (including phenoxy) is 1. The monoisotopic (exact) mass is 345 g/mol. The maximum Gasteiger partial charge on any atom is 0.254 e. The van der Waals surface area contributed by atoms with Gasteiger partial charge in [0.1, 0.15) is 0 Å². The fourth-order valence-electron chi connectivity index (χ4n) is 3.38. The summed E-state index contributed by atoms with van der Waals surface area (Å²) in [4.78, 5) is 31.3. The van der Waals surface area contributed by atoms with E-state index < -0.39 is 0 Å². The van der Waals surface area contributed by atoms with Gasteiger partial charge in [-0.1, -0.05) is 6.92 Å². The Kier molecular flexibility index (Phi) is 6.04. The zero-order chi connectivity index (χ0) is 17.6. The van der Waals surface area contributed by atoms with E-state index >= 15 is 0 Å². The van der Waals surface area contributed by atoms with E-state index in [0.717, 1.165) is 39.1 Å². The summed E-state index contributed by atoms with van der Waals surface area (Å²) < 4.78 is 5.28. The number of amides is 2. The molecule has 0 N–H and O–H groups in total. The summed E-state index contributed by atoms with van der Waals surface area (Å²) in [7, 11) is 0. The van der Waals surface area contributed by atoms with Gasteiger partial charge in [0, 0.05) is 43.9 Å². The molecule has 0 atom stereocenters. The third kappa shape index (κ3) is 4.38. The van der Waals surface area contributed by atoms with E-state index in [2.05, 4.69) is 11.8 Å². The average molecular weight is 345 g/mol. The first kappa shape index (κ1) is 17.9. The van der Waals surface area contributed by atoms with Gasteiger partial charge >= 0.3 is 0 Å². The summed E-state index contributed by atoms with van der Waals surface area (Å²) in [6, 6.07) is 7.08. The Morgan fingerprint density at radius 2 is 1.40 bits per heavy atom. The second-order valence-electron chi connectivity index (χ2n) is 6.56. The predicted molar refractivity (Wildman–Crippen MR) is 95.8 cm³/mol. The molecule has 1 aromatic carbocycles. The summed E-state index contributed by atoms with van der Waals surface area (Å²) in [5.41, 5.74) is 1.29. The Bertz CT molecular complexity index is 596. The standard InChI is InChI=1S/C19H27N3O3/c1-2-20-8-3-9-21(11-10-20)18(23)16-4-6-17(7-5-16)19(24)22-12-14-25-15-13-22/h4-7H,2-3,8-15H2,1H3. The topological polar surface area (TPSA) is 53.1 Å². The smallest absolute Gasteiger partial charge is 0.254 e. The molecule has 25 heavy (non-hydrogen) atoms. The summed E-state index contributed by atoms with van der Waals surface area (Å²) in [6.07, 6.45) is 1.01. The zero-order valence-corrected chi connectivity index (χ0v) is 14.9. The second kappa shape index (κ2) is 8.45.